The van der Waals surface area contributed by atoms with Crippen LogP contribution in [0.2, 0.25) is 0 Å². The van der Waals surface area contributed by atoms with Gasteiger partial charge in [-0.05, 0) is 36.7 Å². The molecular formula is C15H16BrN5O3. The fourth-order valence-electron chi connectivity index (χ4n) is 2.06. The van der Waals surface area contributed by atoms with Gasteiger partial charge in [-0.3, -0.25) is 19.6 Å². The summed E-state index contributed by atoms with van der Waals surface area (Å²) in [6.07, 6.45) is 0. The van der Waals surface area contributed by atoms with Crippen molar-refractivity contribution in [3.8, 4) is 0 Å². The lowest BCUT2D eigenvalue weighted by Gasteiger charge is -2.05. The second-order valence-electron chi connectivity index (χ2n) is 5.18. The van der Waals surface area contributed by atoms with E-state index in [4.69, 9.17) is 0 Å². The molecule has 0 unspecified atom stereocenters. The predicted molar refractivity (Wildman–Crippen MR) is 92.9 cm³/mol. The highest BCUT2D eigenvalue weighted by molar-refractivity contribution is 9.10. The molecule has 0 aliphatic carbocycles. The molecule has 1 aromatic carbocycles. The van der Waals surface area contributed by atoms with E-state index in [9.17, 15) is 14.9 Å². The van der Waals surface area contributed by atoms with Crippen molar-refractivity contribution in [1.82, 2.24) is 15.2 Å². The van der Waals surface area contributed by atoms with Gasteiger partial charge in [0.05, 0.1) is 26.5 Å². The number of nitrogens with zero attached hydrogens (tertiary/aromatic N) is 4. The number of nitro groups is 1. The first-order chi connectivity index (χ1) is 11.3. The molecule has 0 spiro atoms. The Bertz CT molecular complexity index is 829. The molecule has 2 aromatic rings. The number of hydrazone groups is 1. The Kier molecular flexibility index (Phi) is 5.45. The number of halogens is 1. The highest BCUT2D eigenvalue weighted by Gasteiger charge is 2.12. The Balaban J connectivity index is 2.06. The Morgan fingerprint density at radius 3 is 2.75 bits per heavy atom. The van der Waals surface area contributed by atoms with Crippen molar-refractivity contribution in [2.45, 2.75) is 27.3 Å². The van der Waals surface area contributed by atoms with E-state index in [2.05, 4.69) is 31.6 Å². The number of non-ortho nitro benzene ring substituents is 1. The quantitative estimate of drug-likeness (QED) is 0.479. The number of amides is 1. The minimum Gasteiger partial charge on any atom is -0.271 e. The molecule has 2 rings (SSSR count). The molecule has 1 N–H and O–H groups in total. The molecule has 0 saturated carbocycles. The van der Waals surface area contributed by atoms with Crippen LogP contribution in [0.4, 0.5) is 5.69 Å². The third kappa shape index (κ3) is 4.05. The summed E-state index contributed by atoms with van der Waals surface area (Å²) in [4.78, 5) is 22.3. The molecule has 0 aliphatic heterocycles. The van der Waals surface area contributed by atoms with E-state index in [0.29, 0.717) is 11.3 Å². The SMILES string of the molecule is C/C(=N\NC(=O)Cn1nc(C)c(Br)c1C)c1cccc([N+](=O)[O-])c1. The van der Waals surface area contributed by atoms with Crippen molar-refractivity contribution in [3.05, 3.63) is 55.8 Å². The summed E-state index contributed by atoms with van der Waals surface area (Å²) in [6, 6.07) is 6.07. The molecule has 126 valence electrons. The molecule has 0 aliphatic rings. The largest absolute Gasteiger partial charge is 0.271 e. The van der Waals surface area contributed by atoms with Gasteiger partial charge in [-0.2, -0.15) is 10.2 Å². The molecule has 1 aromatic heterocycles. The normalized spacial score (nSPS) is 11.4. The molecule has 8 nitrogen and oxygen atoms in total. The molecule has 0 saturated heterocycles. The van der Waals surface area contributed by atoms with Crippen LogP contribution in [0.25, 0.3) is 0 Å². The van der Waals surface area contributed by atoms with E-state index in [1.165, 1.54) is 12.1 Å². The summed E-state index contributed by atoms with van der Waals surface area (Å²) < 4.78 is 2.44. The Morgan fingerprint density at radius 1 is 1.46 bits per heavy atom. The number of nitro benzene ring substituents is 1. The molecule has 0 radical (unpaired) electrons. The number of rotatable bonds is 5. The second kappa shape index (κ2) is 7.35. The van der Waals surface area contributed by atoms with Crippen molar-refractivity contribution in [2.75, 3.05) is 0 Å². The average Bonchev–Trinajstić information content (AvgIpc) is 2.79. The third-order valence-corrected chi connectivity index (χ3v) is 4.56. The minimum atomic E-state index is -0.476. The van der Waals surface area contributed by atoms with Crippen LogP contribution < -0.4 is 5.43 Å². The van der Waals surface area contributed by atoms with Crippen molar-refractivity contribution in [3.63, 3.8) is 0 Å². The van der Waals surface area contributed by atoms with Gasteiger partial charge in [0, 0.05) is 17.7 Å². The summed E-state index contributed by atoms with van der Waals surface area (Å²) >= 11 is 3.40. The van der Waals surface area contributed by atoms with Gasteiger partial charge in [0.1, 0.15) is 6.54 Å². The van der Waals surface area contributed by atoms with E-state index in [1.54, 1.807) is 23.7 Å². The van der Waals surface area contributed by atoms with Crippen molar-refractivity contribution < 1.29 is 9.72 Å². The monoisotopic (exact) mass is 393 g/mol. The molecule has 9 heteroatoms. The van der Waals surface area contributed by atoms with E-state index in [0.717, 1.165) is 15.9 Å². The van der Waals surface area contributed by atoms with Crippen LogP contribution in [0.3, 0.4) is 0 Å². The first-order valence-corrected chi connectivity index (χ1v) is 7.86. The zero-order valence-electron chi connectivity index (χ0n) is 13.4. The number of carbonyl (C=O) groups excluding carboxylic acids is 1. The van der Waals surface area contributed by atoms with Crippen LogP contribution in [0.15, 0.2) is 33.8 Å². The first kappa shape index (κ1) is 17.8. The predicted octanol–water partition coefficient (Wildman–Crippen LogP) is 2.71. The summed E-state index contributed by atoms with van der Waals surface area (Å²) in [5, 5.41) is 19.0. The van der Waals surface area contributed by atoms with Gasteiger partial charge in [-0.15, -0.1) is 0 Å². The van der Waals surface area contributed by atoms with E-state index in [-0.39, 0.29) is 18.1 Å². The van der Waals surface area contributed by atoms with E-state index < -0.39 is 4.92 Å². The van der Waals surface area contributed by atoms with E-state index >= 15 is 0 Å². The van der Waals surface area contributed by atoms with Crippen LogP contribution in [-0.4, -0.2) is 26.3 Å². The zero-order chi connectivity index (χ0) is 17.9. The lowest BCUT2D eigenvalue weighted by molar-refractivity contribution is -0.384. The van der Waals surface area contributed by atoms with Gasteiger partial charge in [-0.1, -0.05) is 12.1 Å². The average molecular weight is 394 g/mol. The number of aromatic nitrogens is 2. The van der Waals surface area contributed by atoms with Gasteiger partial charge in [0.2, 0.25) is 0 Å². The molecule has 1 heterocycles. The Labute approximate surface area is 146 Å². The van der Waals surface area contributed by atoms with Crippen molar-refractivity contribution in [2.24, 2.45) is 5.10 Å². The Morgan fingerprint density at radius 2 is 2.17 bits per heavy atom. The summed E-state index contributed by atoms with van der Waals surface area (Å²) in [5.74, 6) is -0.335. The second-order valence-corrected chi connectivity index (χ2v) is 5.98. The first-order valence-electron chi connectivity index (χ1n) is 7.07. The van der Waals surface area contributed by atoms with Gasteiger partial charge in [0.25, 0.3) is 11.6 Å². The van der Waals surface area contributed by atoms with Crippen molar-refractivity contribution in [1.29, 1.82) is 0 Å². The number of carbonyl (C=O) groups is 1. The maximum absolute atomic E-state index is 12.0. The lowest BCUT2D eigenvalue weighted by atomic mass is 10.1. The topological polar surface area (TPSA) is 102 Å². The summed E-state index contributed by atoms with van der Waals surface area (Å²) in [6.45, 7) is 5.40. The summed E-state index contributed by atoms with van der Waals surface area (Å²) in [7, 11) is 0. The third-order valence-electron chi connectivity index (χ3n) is 3.41. The van der Waals surface area contributed by atoms with Crippen LogP contribution in [0.1, 0.15) is 23.9 Å². The van der Waals surface area contributed by atoms with Crippen molar-refractivity contribution >= 4 is 33.2 Å². The van der Waals surface area contributed by atoms with Crippen LogP contribution in [0.5, 0.6) is 0 Å². The highest BCUT2D eigenvalue weighted by atomic mass is 79.9. The number of hydrogen-bond acceptors (Lipinski definition) is 5. The Hall–Kier alpha value is -2.55. The maximum atomic E-state index is 12.0. The number of hydrogen-bond donors (Lipinski definition) is 1. The van der Waals surface area contributed by atoms with Gasteiger partial charge in [-0.25, -0.2) is 5.43 Å². The van der Waals surface area contributed by atoms with Crippen LogP contribution in [0, 0.1) is 24.0 Å². The maximum Gasteiger partial charge on any atom is 0.270 e. The lowest BCUT2D eigenvalue weighted by Crippen LogP contribution is -2.25. The zero-order valence-corrected chi connectivity index (χ0v) is 15.0. The number of nitrogens with one attached hydrogen (secondary N) is 1. The number of benzene rings is 1. The van der Waals surface area contributed by atoms with E-state index in [1.807, 2.05) is 13.8 Å². The highest BCUT2D eigenvalue weighted by Crippen LogP contribution is 2.19. The van der Waals surface area contributed by atoms with Crippen LogP contribution >= 0.6 is 15.9 Å². The van der Waals surface area contributed by atoms with Gasteiger partial charge in [0.15, 0.2) is 0 Å². The molecule has 0 bridgehead atoms. The molecule has 0 atom stereocenters. The van der Waals surface area contributed by atoms with Crippen LogP contribution in [-0.2, 0) is 11.3 Å². The molecule has 1 amide bonds. The standard InChI is InChI=1S/C15H16BrN5O3/c1-9(12-5-4-6-13(7-12)21(23)24)17-18-14(22)8-20-11(3)15(16)10(2)19-20/h4-7H,8H2,1-3H3,(H,18,22)/b17-9+. The number of aryl methyl sites for hydroxylation is 1. The van der Waals surface area contributed by atoms with Gasteiger partial charge >= 0.3 is 0 Å². The molecule has 0 fully saturated rings. The molecule has 24 heavy (non-hydrogen) atoms. The summed E-state index contributed by atoms with van der Waals surface area (Å²) in [5.41, 5.74) is 5.10. The minimum absolute atomic E-state index is 0.0270. The molecular weight excluding hydrogens is 378 g/mol. The smallest absolute Gasteiger partial charge is 0.270 e. The van der Waals surface area contributed by atoms with Gasteiger partial charge < -0.3 is 0 Å². The fraction of sp³-hybridized carbons (Fsp3) is 0.267. The fourth-order valence-corrected chi connectivity index (χ4v) is 2.34.